The number of allylic oxidation sites excluding steroid dienone is 1. The Kier molecular flexibility index (Phi) is 10.8. The maximum atomic E-state index is 14.1. The molecular formula is C35H39ClN6O4S. The van der Waals surface area contributed by atoms with Gasteiger partial charge in [-0.2, -0.15) is 4.98 Å². The number of ether oxygens (including phenoxy) is 2. The molecule has 1 unspecified atom stereocenters. The third-order valence-corrected chi connectivity index (χ3v) is 9.47. The van der Waals surface area contributed by atoms with Crippen LogP contribution in [0.25, 0.3) is 0 Å². The third-order valence-electron chi connectivity index (χ3n) is 8.22. The summed E-state index contributed by atoms with van der Waals surface area (Å²) in [6.07, 6.45) is 0. The summed E-state index contributed by atoms with van der Waals surface area (Å²) in [6.45, 7) is 10.8. The van der Waals surface area contributed by atoms with Crippen molar-refractivity contribution < 1.29 is 19.1 Å². The molecule has 47 heavy (non-hydrogen) atoms. The van der Waals surface area contributed by atoms with Crippen LogP contribution >= 0.6 is 23.4 Å². The number of carbonyl (C=O) groups excluding carboxylic acids is 2. The fourth-order valence-electron chi connectivity index (χ4n) is 5.41. The first kappa shape index (κ1) is 33.9. The van der Waals surface area contributed by atoms with Crippen molar-refractivity contribution >= 4 is 46.8 Å². The van der Waals surface area contributed by atoms with Crippen LogP contribution in [0, 0.1) is 13.8 Å². The number of benzene rings is 3. The van der Waals surface area contributed by atoms with Crippen LogP contribution in [0.4, 0.5) is 11.6 Å². The smallest absolute Gasteiger partial charge is 0.260 e. The minimum absolute atomic E-state index is 0.113. The van der Waals surface area contributed by atoms with Crippen molar-refractivity contribution in [1.82, 2.24) is 19.7 Å². The highest BCUT2D eigenvalue weighted by atomic mass is 35.5. The lowest BCUT2D eigenvalue weighted by Crippen LogP contribution is -2.34. The molecular weight excluding hydrogens is 636 g/mol. The van der Waals surface area contributed by atoms with Crippen molar-refractivity contribution in [3.8, 4) is 11.5 Å². The summed E-state index contributed by atoms with van der Waals surface area (Å²) in [7, 11) is 1.54. The standard InChI is InChI=1S/C35H39ClN6O4S/c1-7-41(8-2)30(43)19-46-28-17-16-24(18-29(28)45-6)32-31(33(44)38-27-15-11-12-21(3)22(27)4)23(5)37-34-39-35(40-42(32)34)47-20-25-13-9-10-14-26(25)36/h9-18,32H,7-8,19-20H2,1-6H3,(H,38,44)(H,37,39,40). The maximum Gasteiger partial charge on any atom is 0.260 e. The van der Waals surface area contributed by atoms with Gasteiger partial charge in [-0.25, -0.2) is 4.68 Å². The molecule has 1 aliphatic heterocycles. The molecule has 12 heteroatoms. The molecule has 0 bridgehead atoms. The van der Waals surface area contributed by atoms with Crippen molar-refractivity contribution in [3.05, 3.63) is 99.2 Å². The number of likely N-dealkylation sites (N-methyl/N-ethyl adjacent to an activating group) is 1. The Hall–Kier alpha value is -4.48. The third kappa shape index (κ3) is 7.41. The Labute approximate surface area is 284 Å². The summed E-state index contributed by atoms with van der Waals surface area (Å²) in [6, 6.07) is 18.3. The molecule has 5 rings (SSSR count). The highest BCUT2D eigenvalue weighted by molar-refractivity contribution is 7.98. The number of anilines is 2. The maximum absolute atomic E-state index is 14.1. The number of aromatic nitrogens is 3. The van der Waals surface area contributed by atoms with Gasteiger partial charge in [-0.1, -0.05) is 59.8 Å². The van der Waals surface area contributed by atoms with Gasteiger partial charge in [0.1, 0.15) is 6.04 Å². The van der Waals surface area contributed by atoms with E-state index in [1.807, 2.05) is 89.2 Å². The predicted octanol–water partition coefficient (Wildman–Crippen LogP) is 7.02. The molecule has 3 aromatic carbocycles. The second kappa shape index (κ2) is 15.0. The van der Waals surface area contributed by atoms with Gasteiger partial charge in [-0.3, -0.25) is 9.59 Å². The molecule has 1 atom stereocenters. The van der Waals surface area contributed by atoms with E-state index in [4.69, 9.17) is 31.2 Å². The second-order valence-electron chi connectivity index (χ2n) is 11.1. The Morgan fingerprint density at radius 1 is 1.04 bits per heavy atom. The van der Waals surface area contributed by atoms with Gasteiger partial charge in [-0.15, -0.1) is 5.10 Å². The summed E-state index contributed by atoms with van der Waals surface area (Å²) in [4.78, 5) is 33.2. The van der Waals surface area contributed by atoms with E-state index in [2.05, 4.69) is 10.6 Å². The average molecular weight is 675 g/mol. The normalized spacial score (nSPS) is 13.9. The molecule has 10 nitrogen and oxygen atoms in total. The minimum Gasteiger partial charge on any atom is -0.493 e. The fourth-order valence-corrected chi connectivity index (χ4v) is 6.52. The van der Waals surface area contributed by atoms with E-state index in [-0.39, 0.29) is 18.4 Å². The number of carbonyl (C=O) groups is 2. The number of hydrogen-bond donors (Lipinski definition) is 2. The van der Waals surface area contributed by atoms with E-state index in [0.29, 0.717) is 57.7 Å². The lowest BCUT2D eigenvalue weighted by Gasteiger charge is -2.29. The molecule has 0 saturated carbocycles. The molecule has 1 aliphatic rings. The van der Waals surface area contributed by atoms with Crippen molar-refractivity contribution in [3.63, 3.8) is 0 Å². The van der Waals surface area contributed by atoms with Gasteiger partial charge in [0.15, 0.2) is 18.1 Å². The molecule has 2 N–H and O–H groups in total. The van der Waals surface area contributed by atoms with Crippen LogP contribution in [-0.4, -0.2) is 58.3 Å². The molecule has 2 amide bonds. The van der Waals surface area contributed by atoms with Crippen LogP contribution < -0.4 is 20.1 Å². The van der Waals surface area contributed by atoms with E-state index < -0.39 is 6.04 Å². The topological polar surface area (TPSA) is 111 Å². The van der Waals surface area contributed by atoms with Crippen molar-refractivity contribution in [2.75, 3.05) is 37.4 Å². The molecule has 0 spiro atoms. The number of rotatable bonds is 12. The van der Waals surface area contributed by atoms with Crippen LogP contribution in [0.1, 0.15) is 49.1 Å². The quantitative estimate of drug-likeness (QED) is 0.154. The first-order valence-electron chi connectivity index (χ1n) is 15.4. The van der Waals surface area contributed by atoms with Crippen molar-refractivity contribution in [2.45, 2.75) is 51.6 Å². The van der Waals surface area contributed by atoms with Gasteiger partial charge in [0.25, 0.3) is 11.8 Å². The zero-order valence-electron chi connectivity index (χ0n) is 27.4. The van der Waals surface area contributed by atoms with Crippen LogP contribution in [0.15, 0.2) is 77.1 Å². The number of thioether (sulfide) groups is 1. The predicted molar refractivity (Wildman–Crippen MR) is 186 cm³/mol. The molecule has 0 radical (unpaired) electrons. The van der Waals surface area contributed by atoms with Gasteiger partial charge < -0.3 is 25.0 Å². The zero-order valence-corrected chi connectivity index (χ0v) is 29.0. The number of amides is 2. The highest BCUT2D eigenvalue weighted by Crippen LogP contribution is 2.40. The number of nitrogens with zero attached hydrogens (tertiary/aromatic N) is 4. The van der Waals surface area contributed by atoms with Gasteiger partial charge in [0, 0.05) is 35.2 Å². The number of hydrogen-bond acceptors (Lipinski definition) is 8. The number of fused-ring (bicyclic) bond motifs is 1. The van der Waals surface area contributed by atoms with Crippen LogP contribution in [0.3, 0.4) is 0 Å². The van der Waals surface area contributed by atoms with Gasteiger partial charge in [-0.05, 0) is 81.1 Å². The summed E-state index contributed by atoms with van der Waals surface area (Å²) >= 11 is 7.85. The molecule has 0 fully saturated rings. The molecule has 0 saturated heterocycles. The second-order valence-corrected chi connectivity index (χ2v) is 12.4. The summed E-state index contributed by atoms with van der Waals surface area (Å²) < 4.78 is 13.3. The number of nitrogens with one attached hydrogen (secondary N) is 2. The molecule has 4 aromatic rings. The summed E-state index contributed by atoms with van der Waals surface area (Å²) in [5, 5.41) is 12.5. The average Bonchev–Trinajstić information content (AvgIpc) is 3.47. The lowest BCUT2D eigenvalue weighted by atomic mass is 9.94. The van der Waals surface area contributed by atoms with E-state index in [9.17, 15) is 9.59 Å². The Morgan fingerprint density at radius 3 is 2.53 bits per heavy atom. The SMILES string of the molecule is CCN(CC)C(=O)COc1ccc(C2C(C(=O)Nc3cccc(C)c3C)=C(C)Nc3nc(SCc4ccccc4Cl)nn32)cc1OC. The first-order valence-corrected chi connectivity index (χ1v) is 16.8. The van der Waals surface area contributed by atoms with Crippen LogP contribution in [0.5, 0.6) is 11.5 Å². The summed E-state index contributed by atoms with van der Waals surface area (Å²) in [5.41, 5.74) is 5.60. The zero-order chi connectivity index (χ0) is 33.7. The molecule has 2 heterocycles. The monoisotopic (exact) mass is 674 g/mol. The van der Waals surface area contributed by atoms with E-state index in [1.54, 1.807) is 22.8 Å². The minimum atomic E-state index is -0.654. The van der Waals surface area contributed by atoms with Crippen molar-refractivity contribution in [1.29, 1.82) is 0 Å². The number of aryl methyl sites for hydroxylation is 1. The van der Waals surface area contributed by atoms with Gasteiger partial charge in [0.2, 0.25) is 11.1 Å². The van der Waals surface area contributed by atoms with Crippen molar-refractivity contribution in [2.24, 2.45) is 0 Å². The Balaban J connectivity index is 1.51. The Bertz CT molecular complexity index is 1820. The Morgan fingerprint density at radius 2 is 1.81 bits per heavy atom. The van der Waals surface area contributed by atoms with E-state index in [1.165, 1.54) is 11.8 Å². The fraction of sp³-hybridized carbons (Fsp3) is 0.314. The molecule has 246 valence electrons. The highest BCUT2D eigenvalue weighted by Gasteiger charge is 2.35. The van der Waals surface area contributed by atoms with Gasteiger partial charge >= 0.3 is 0 Å². The van der Waals surface area contributed by atoms with Gasteiger partial charge in [0.05, 0.1) is 12.7 Å². The van der Waals surface area contributed by atoms with Crippen LogP contribution in [0.2, 0.25) is 5.02 Å². The molecule has 0 aliphatic carbocycles. The van der Waals surface area contributed by atoms with E-state index >= 15 is 0 Å². The molecule has 1 aromatic heterocycles. The lowest BCUT2D eigenvalue weighted by molar-refractivity contribution is -0.133. The number of methoxy groups -OCH3 is 1. The summed E-state index contributed by atoms with van der Waals surface area (Å²) in [5.74, 6) is 1.54. The first-order chi connectivity index (χ1) is 22.6. The largest absolute Gasteiger partial charge is 0.493 e. The van der Waals surface area contributed by atoms with E-state index in [0.717, 1.165) is 27.9 Å². The van der Waals surface area contributed by atoms with Crippen LogP contribution in [-0.2, 0) is 15.3 Å². The number of halogens is 1.